The molecule has 1 aromatic rings. The fraction of sp³-hybridized carbons (Fsp3) is 0.583. The minimum Gasteiger partial charge on any atom is -0.310 e. The summed E-state index contributed by atoms with van der Waals surface area (Å²) < 4.78 is 0. The van der Waals surface area contributed by atoms with Gasteiger partial charge in [0.15, 0.2) is 0 Å². The van der Waals surface area contributed by atoms with E-state index in [1.54, 1.807) is 0 Å². The minimum absolute atomic E-state index is 0.425. The summed E-state index contributed by atoms with van der Waals surface area (Å²) in [5, 5.41) is 3.50. The Hall–Kier alpha value is -0.890. The Kier molecular flexibility index (Phi) is 4.08. The number of aryl methyl sites for hydroxylation is 1. The molecule has 14 heavy (non-hydrogen) atoms. The van der Waals surface area contributed by atoms with Gasteiger partial charge in [0.2, 0.25) is 0 Å². The van der Waals surface area contributed by atoms with E-state index in [1.807, 2.05) is 12.3 Å². The van der Waals surface area contributed by atoms with Crippen molar-refractivity contribution >= 4 is 0 Å². The predicted molar refractivity (Wildman–Crippen MR) is 60.2 cm³/mol. The third-order valence-corrected chi connectivity index (χ3v) is 2.47. The number of hydrogen-bond acceptors (Lipinski definition) is 2. The van der Waals surface area contributed by atoms with Crippen LogP contribution in [0.25, 0.3) is 0 Å². The van der Waals surface area contributed by atoms with Gasteiger partial charge in [-0.15, -0.1) is 0 Å². The summed E-state index contributed by atoms with van der Waals surface area (Å²) in [6.45, 7) is 9.68. The summed E-state index contributed by atoms with van der Waals surface area (Å²) in [5.41, 5.74) is 2.46. The summed E-state index contributed by atoms with van der Waals surface area (Å²) in [6, 6.07) is 4.60. The Labute approximate surface area is 86.8 Å². The molecule has 2 nitrogen and oxygen atoms in total. The van der Waals surface area contributed by atoms with E-state index in [0.717, 1.165) is 12.2 Å². The number of aromatic nitrogens is 1. The zero-order valence-corrected chi connectivity index (χ0v) is 9.54. The van der Waals surface area contributed by atoms with Gasteiger partial charge < -0.3 is 5.32 Å². The molecule has 1 rings (SSSR count). The summed E-state index contributed by atoms with van der Waals surface area (Å²) >= 11 is 0. The molecule has 0 spiro atoms. The van der Waals surface area contributed by atoms with Crippen LogP contribution in [0, 0.1) is 12.8 Å². The smallest absolute Gasteiger partial charge is 0.0420 e. The lowest BCUT2D eigenvalue weighted by Crippen LogP contribution is -2.26. The van der Waals surface area contributed by atoms with Gasteiger partial charge >= 0.3 is 0 Å². The van der Waals surface area contributed by atoms with Gasteiger partial charge in [0.25, 0.3) is 0 Å². The maximum Gasteiger partial charge on any atom is 0.0420 e. The maximum atomic E-state index is 4.32. The Morgan fingerprint density at radius 2 is 2.14 bits per heavy atom. The Bertz CT molecular complexity index is 281. The molecule has 1 heterocycles. The van der Waals surface area contributed by atoms with Crippen LogP contribution in [0.15, 0.2) is 18.3 Å². The third kappa shape index (κ3) is 2.55. The second kappa shape index (κ2) is 5.11. The zero-order valence-electron chi connectivity index (χ0n) is 9.54. The van der Waals surface area contributed by atoms with Gasteiger partial charge in [0.1, 0.15) is 0 Å². The highest BCUT2D eigenvalue weighted by atomic mass is 14.9. The highest BCUT2D eigenvalue weighted by Gasteiger charge is 2.16. The average Bonchev–Trinajstić information content (AvgIpc) is 2.15. The molecular weight excluding hydrogens is 172 g/mol. The first-order valence-electron chi connectivity index (χ1n) is 5.31. The van der Waals surface area contributed by atoms with Crippen LogP contribution in [-0.4, -0.2) is 11.5 Å². The van der Waals surface area contributed by atoms with E-state index < -0.39 is 0 Å². The highest BCUT2D eigenvalue weighted by Crippen LogP contribution is 2.22. The van der Waals surface area contributed by atoms with Crippen LogP contribution in [0.4, 0.5) is 0 Å². The Morgan fingerprint density at radius 1 is 1.43 bits per heavy atom. The molecule has 0 radical (unpaired) electrons. The van der Waals surface area contributed by atoms with E-state index in [2.05, 4.69) is 44.1 Å². The summed E-state index contributed by atoms with van der Waals surface area (Å²) in [5.74, 6) is 0.595. The third-order valence-electron chi connectivity index (χ3n) is 2.47. The van der Waals surface area contributed by atoms with E-state index in [9.17, 15) is 0 Å². The quantitative estimate of drug-likeness (QED) is 0.793. The van der Waals surface area contributed by atoms with Gasteiger partial charge in [-0.05, 0) is 31.0 Å². The van der Waals surface area contributed by atoms with Gasteiger partial charge in [-0.1, -0.05) is 26.8 Å². The maximum absolute atomic E-state index is 4.32. The van der Waals surface area contributed by atoms with E-state index in [1.165, 1.54) is 5.56 Å². The van der Waals surface area contributed by atoms with Gasteiger partial charge in [-0.2, -0.15) is 0 Å². The van der Waals surface area contributed by atoms with Crippen LogP contribution in [0.2, 0.25) is 0 Å². The fourth-order valence-electron chi connectivity index (χ4n) is 1.75. The summed E-state index contributed by atoms with van der Waals surface area (Å²) in [7, 11) is 0. The first-order chi connectivity index (χ1) is 6.66. The van der Waals surface area contributed by atoms with Gasteiger partial charge in [-0.25, -0.2) is 0 Å². The van der Waals surface area contributed by atoms with Gasteiger partial charge in [0, 0.05) is 17.9 Å². The van der Waals surface area contributed by atoms with Crippen molar-refractivity contribution in [1.29, 1.82) is 0 Å². The lowest BCUT2D eigenvalue weighted by molar-refractivity contribution is 0.419. The SMILES string of the molecule is CCNC(c1cccnc1C)C(C)C. The van der Waals surface area contributed by atoms with E-state index in [-0.39, 0.29) is 0 Å². The van der Waals surface area contributed by atoms with Crippen molar-refractivity contribution in [3.05, 3.63) is 29.6 Å². The number of hydrogen-bond donors (Lipinski definition) is 1. The number of pyridine rings is 1. The van der Waals surface area contributed by atoms with Crippen molar-refractivity contribution < 1.29 is 0 Å². The lowest BCUT2D eigenvalue weighted by atomic mass is 9.95. The van der Waals surface area contributed by atoms with Crippen LogP contribution >= 0.6 is 0 Å². The molecule has 1 aromatic heterocycles. The average molecular weight is 192 g/mol. The molecule has 0 bridgehead atoms. The first kappa shape index (κ1) is 11.2. The monoisotopic (exact) mass is 192 g/mol. The van der Waals surface area contributed by atoms with Crippen LogP contribution in [0.5, 0.6) is 0 Å². The van der Waals surface area contributed by atoms with Crippen molar-refractivity contribution in [2.24, 2.45) is 5.92 Å². The molecule has 0 saturated carbocycles. The second-order valence-corrected chi connectivity index (χ2v) is 3.96. The fourth-order valence-corrected chi connectivity index (χ4v) is 1.75. The number of rotatable bonds is 4. The Morgan fingerprint density at radius 3 is 2.64 bits per heavy atom. The largest absolute Gasteiger partial charge is 0.310 e. The molecule has 2 heteroatoms. The molecule has 1 atom stereocenters. The second-order valence-electron chi connectivity index (χ2n) is 3.96. The molecule has 0 aliphatic carbocycles. The molecule has 0 aromatic carbocycles. The topological polar surface area (TPSA) is 24.9 Å². The molecule has 0 fully saturated rings. The van der Waals surface area contributed by atoms with Gasteiger partial charge in [-0.3, -0.25) is 4.98 Å². The number of nitrogens with one attached hydrogen (secondary N) is 1. The molecule has 0 aliphatic heterocycles. The predicted octanol–water partition coefficient (Wildman–Crippen LogP) is 2.70. The van der Waals surface area contributed by atoms with Crippen molar-refractivity contribution in [3.8, 4) is 0 Å². The van der Waals surface area contributed by atoms with Crippen LogP contribution in [0.3, 0.4) is 0 Å². The van der Waals surface area contributed by atoms with Crippen LogP contribution in [0.1, 0.15) is 38.1 Å². The normalized spacial score (nSPS) is 13.2. The van der Waals surface area contributed by atoms with Crippen molar-refractivity contribution in [2.75, 3.05) is 6.54 Å². The molecule has 78 valence electrons. The van der Waals surface area contributed by atoms with Gasteiger partial charge in [0.05, 0.1) is 0 Å². The van der Waals surface area contributed by atoms with Crippen LogP contribution in [-0.2, 0) is 0 Å². The van der Waals surface area contributed by atoms with Crippen LogP contribution < -0.4 is 5.32 Å². The van der Waals surface area contributed by atoms with Crippen molar-refractivity contribution in [2.45, 2.75) is 33.7 Å². The highest BCUT2D eigenvalue weighted by molar-refractivity contribution is 5.22. The summed E-state index contributed by atoms with van der Waals surface area (Å²) in [4.78, 5) is 4.32. The molecule has 1 N–H and O–H groups in total. The minimum atomic E-state index is 0.425. The summed E-state index contributed by atoms with van der Waals surface area (Å²) in [6.07, 6.45) is 1.85. The molecule has 0 saturated heterocycles. The van der Waals surface area contributed by atoms with E-state index in [0.29, 0.717) is 12.0 Å². The van der Waals surface area contributed by atoms with Crippen molar-refractivity contribution in [1.82, 2.24) is 10.3 Å². The molecular formula is C12H20N2. The molecule has 0 amide bonds. The molecule has 1 unspecified atom stereocenters. The van der Waals surface area contributed by atoms with E-state index in [4.69, 9.17) is 0 Å². The Balaban J connectivity index is 2.93. The lowest BCUT2D eigenvalue weighted by Gasteiger charge is -2.23. The number of nitrogens with zero attached hydrogens (tertiary/aromatic N) is 1. The molecule has 0 aliphatic rings. The standard InChI is InChI=1S/C12H20N2/c1-5-13-12(9(2)3)11-7-6-8-14-10(11)4/h6-9,12-13H,5H2,1-4H3. The van der Waals surface area contributed by atoms with Crippen molar-refractivity contribution in [3.63, 3.8) is 0 Å². The van der Waals surface area contributed by atoms with E-state index >= 15 is 0 Å². The zero-order chi connectivity index (χ0) is 10.6. The first-order valence-corrected chi connectivity index (χ1v) is 5.31.